The molecule has 0 rings (SSSR count). The molecule has 0 saturated heterocycles. The van der Waals surface area contributed by atoms with Crippen LogP contribution in [0.4, 0.5) is 0 Å². The minimum atomic E-state index is -1.11. The molecule has 7 nitrogen and oxygen atoms in total. The predicted molar refractivity (Wildman–Crippen MR) is 125 cm³/mol. The quantitative estimate of drug-likeness (QED) is 0.148. The number of aliphatic hydroxyl groups is 1. The molecule has 0 fully saturated rings. The van der Waals surface area contributed by atoms with Gasteiger partial charge < -0.3 is 20.6 Å². The number of carbonyl (C=O) groups excluding carboxylic acids is 1. The molecule has 0 bridgehead atoms. The van der Waals surface area contributed by atoms with Crippen molar-refractivity contribution in [2.24, 2.45) is 0 Å². The third kappa shape index (κ3) is 20.1. The molecule has 0 radical (unpaired) electrons. The number of unbranched alkanes of at least 4 members (excludes halogenated alkanes) is 10. The summed E-state index contributed by atoms with van der Waals surface area (Å²) in [5.41, 5.74) is 0. The molecule has 2 unspecified atom stereocenters. The van der Waals surface area contributed by atoms with Gasteiger partial charge in [0.05, 0.1) is 12.5 Å². The van der Waals surface area contributed by atoms with Gasteiger partial charge in [0.1, 0.15) is 6.54 Å². The maximum atomic E-state index is 11.6. The monoisotopic (exact) mass is 459 g/mol. The molecule has 0 spiro atoms. The summed E-state index contributed by atoms with van der Waals surface area (Å²) in [6, 6.07) is 0. The Bertz CT molecular complexity index is 526. The highest BCUT2D eigenvalue weighted by atomic mass is 32.2. The lowest BCUT2D eigenvalue weighted by Gasteiger charge is -2.18. The summed E-state index contributed by atoms with van der Waals surface area (Å²) in [6.07, 6.45) is 16.1. The van der Waals surface area contributed by atoms with Gasteiger partial charge in [-0.3, -0.25) is 14.4 Å². The molecule has 180 valence electrons. The molecule has 0 aliphatic rings. The van der Waals surface area contributed by atoms with Gasteiger partial charge in [-0.15, -0.1) is 0 Å². The van der Waals surface area contributed by atoms with Crippen molar-refractivity contribution in [2.45, 2.75) is 102 Å². The topological polar surface area (TPSA) is 124 Å². The smallest absolute Gasteiger partial charge is 0.322 e. The van der Waals surface area contributed by atoms with Crippen molar-refractivity contribution < 1.29 is 29.7 Å². The molecule has 0 saturated carbocycles. The normalized spacial score (nSPS) is 13.2. The molecule has 2 atom stereocenters. The highest BCUT2D eigenvalue weighted by molar-refractivity contribution is 8.00. The Balaban J connectivity index is 4.10. The number of hydrogen-bond acceptors (Lipinski definition) is 5. The zero-order valence-electron chi connectivity index (χ0n) is 18.9. The van der Waals surface area contributed by atoms with Gasteiger partial charge in [0.15, 0.2) is 0 Å². The van der Waals surface area contributed by atoms with Gasteiger partial charge in [0, 0.05) is 17.4 Å². The van der Waals surface area contributed by atoms with Crippen LogP contribution < -0.4 is 5.32 Å². The first-order valence-corrected chi connectivity index (χ1v) is 12.6. The molecule has 1 amide bonds. The first-order chi connectivity index (χ1) is 14.9. The van der Waals surface area contributed by atoms with Crippen LogP contribution in [0, 0.1) is 0 Å². The van der Waals surface area contributed by atoms with E-state index >= 15 is 0 Å². The largest absolute Gasteiger partial charge is 0.481 e. The number of amides is 1. The number of carboxylic acids is 2. The average molecular weight is 460 g/mol. The van der Waals surface area contributed by atoms with Gasteiger partial charge in [0.2, 0.25) is 5.91 Å². The lowest BCUT2D eigenvalue weighted by atomic mass is 10.1. The number of nitrogens with one attached hydrogen (secondary N) is 1. The molecule has 0 heterocycles. The third-order valence-electron chi connectivity index (χ3n) is 4.89. The zero-order valence-corrected chi connectivity index (χ0v) is 19.7. The lowest BCUT2D eigenvalue weighted by molar-refractivity contribution is -0.139. The van der Waals surface area contributed by atoms with Crippen LogP contribution in [0.3, 0.4) is 0 Å². The van der Waals surface area contributed by atoms with E-state index in [2.05, 4.69) is 12.2 Å². The molecule has 0 aromatic carbocycles. The minimum absolute atomic E-state index is 0.112. The van der Waals surface area contributed by atoms with E-state index in [0.29, 0.717) is 5.75 Å². The van der Waals surface area contributed by atoms with E-state index in [1.54, 1.807) is 0 Å². The van der Waals surface area contributed by atoms with Gasteiger partial charge in [-0.25, -0.2) is 0 Å². The third-order valence-corrected chi connectivity index (χ3v) is 6.19. The van der Waals surface area contributed by atoms with Gasteiger partial charge >= 0.3 is 11.9 Å². The fraction of sp³-hybridized carbons (Fsp3) is 0.783. The number of aliphatic hydroxyl groups excluding tert-OH is 1. The molecule has 31 heavy (non-hydrogen) atoms. The number of carboxylic acid groups (broad SMARTS) is 2. The van der Waals surface area contributed by atoms with Crippen LogP contribution in [-0.4, -0.2) is 56.8 Å². The first kappa shape index (κ1) is 29.5. The molecular weight excluding hydrogens is 418 g/mol. The molecule has 0 aromatic heterocycles. The molecule has 8 heteroatoms. The summed E-state index contributed by atoms with van der Waals surface area (Å²) in [4.78, 5) is 32.9. The predicted octanol–water partition coefficient (Wildman–Crippen LogP) is 4.38. The number of thioether (sulfide) groups is 1. The zero-order chi connectivity index (χ0) is 23.3. The standard InChI is InChI=1S/C23H41NO6S/c1-2-3-4-5-6-7-8-9-10-11-12-13-14-20(19(25)17-22(27)28)31-16-15-21(26)24-18-23(29)30/h13-14,19-20,25H,2-12,15-18H2,1H3,(H,24,26)(H,27,28)(H,29,30)/b14-13-. The van der Waals surface area contributed by atoms with Crippen molar-refractivity contribution >= 4 is 29.6 Å². The fourth-order valence-corrected chi connectivity index (χ4v) is 4.24. The van der Waals surface area contributed by atoms with E-state index in [1.165, 1.54) is 69.5 Å². The Morgan fingerprint density at radius 2 is 1.48 bits per heavy atom. The van der Waals surface area contributed by atoms with Crippen LogP contribution in [0.2, 0.25) is 0 Å². The van der Waals surface area contributed by atoms with Gasteiger partial charge in [-0.2, -0.15) is 11.8 Å². The molecule has 0 aromatic rings. The maximum absolute atomic E-state index is 11.6. The fourth-order valence-electron chi connectivity index (χ4n) is 3.12. The SMILES string of the molecule is CCCCCCCCCCCC/C=C\C(SCCC(=O)NCC(=O)O)C(O)CC(=O)O. The van der Waals surface area contributed by atoms with Crippen molar-refractivity contribution in [3.05, 3.63) is 12.2 Å². The van der Waals surface area contributed by atoms with E-state index in [-0.39, 0.29) is 18.7 Å². The second-order valence-corrected chi connectivity index (χ2v) is 9.11. The first-order valence-electron chi connectivity index (χ1n) is 11.5. The molecular formula is C23H41NO6S. The highest BCUT2D eigenvalue weighted by Crippen LogP contribution is 2.20. The van der Waals surface area contributed by atoms with Crippen LogP contribution in [0.1, 0.15) is 90.4 Å². The van der Waals surface area contributed by atoms with Crippen LogP contribution in [0.5, 0.6) is 0 Å². The number of aliphatic carboxylic acids is 2. The summed E-state index contributed by atoms with van der Waals surface area (Å²) >= 11 is 1.31. The van der Waals surface area contributed by atoms with E-state index < -0.39 is 29.8 Å². The van der Waals surface area contributed by atoms with Gasteiger partial charge in [0.25, 0.3) is 0 Å². The number of allylic oxidation sites excluding steroid dienone is 1. The van der Waals surface area contributed by atoms with Crippen molar-refractivity contribution in [2.75, 3.05) is 12.3 Å². The average Bonchev–Trinajstić information content (AvgIpc) is 2.71. The van der Waals surface area contributed by atoms with Crippen LogP contribution >= 0.6 is 11.8 Å². The van der Waals surface area contributed by atoms with Gasteiger partial charge in [-0.05, 0) is 12.8 Å². The van der Waals surface area contributed by atoms with Crippen LogP contribution in [-0.2, 0) is 14.4 Å². The minimum Gasteiger partial charge on any atom is -0.481 e. The Kier molecular flexibility index (Phi) is 19.4. The summed E-state index contributed by atoms with van der Waals surface area (Å²) in [7, 11) is 0. The van der Waals surface area contributed by atoms with Crippen LogP contribution in [0.15, 0.2) is 12.2 Å². The van der Waals surface area contributed by atoms with Crippen molar-refractivity contribution in [3.8, 4) is 0 Å². The summed E-state index contributed by atoms with van der Waals surface area (Å²) in [5.74, 6) is -2.18. The molecule has 0 aliphatic carbocycles. The molecule has 0 aliphatic heterocycles. The maximum Gasteiger partial charge on any atom is 0.322 e. The van der Waals surface area contributed by atoms with Gasteiger partial charge in [-0.1, -0.05) is 76.9 Å². The number of hydrogen-bond donors (Lipinski definition) is 4. The Hall–Kier alpha value is -1.54. The Labute approximate surface area is 191 Å². The Morgan fingerprint density at radius 3 is 2.03 bits per heavy atom. The summed E-state index contributed by atoms with van der Waals surface area (Å²) in [6.45, 7) is 1.80. The summed E-state index contributed by atoms with van der Waals surface area (Å²) < 4.78 is 0. The van der Waals surface area contributed by atoms with E-state index in [1.807, 2.05) is 12.2 Å². The Morgan fingerprint density at radius 1 is 0.903 bits per heavy atom. The van der Waals surface area contributed by atoms with Crippen LogP contribution in [0.25, 0.3) is 0 Å². The van der Waals surface area contributed by atoms with E-state index in [9.17, 15) is 19.5 Å². The second-order valence-electron chi connectivity index (χ2n) is 7.82. The second kappa shape index (κ2) is 20.4. The number of carbonyl (C=O) groups is 3. The summed E-state index contributed by atoms with van der Waals surface area (Å²) in [5, 5.41) is 29.5. The van der Waals surface area contributed by atoms with E-state index in [4.69, 9.17) is 10.2 Å². The lowest BCUT2D eigenvalue weighted by Crippen LogP contribution is -2.30. The van der Waals surface area contributed by atoms with Crippen molar-refractivity contribution in [3.63, 3.8) is 0 Å². The molecule has 4 N–H and O–H groups in total. The van der Waals surface area contributed by atoms with Crippen molar-refractivity contribution in [1.82, 2.24) is 5.32 Å². The van der Waals surface area contributed by atoms with Crippen molar-refractivity contribution in [1.29, 1.82) is 0 Å². The van der Waals surface area contributed by atoms with E-state index in [0.717, 1.165) is 12.8 Å². The highest BCUT2D eigenvalue weighted by Gasteiger charge is 2.20. The number of rotatable bonds is 21.